The van der Waals surface area contributed by atoms with Crippen molar-refractivity contribution >= 4 is 20.2 Å². The number of hydrogen-bond acceptors (Lipinski definition) is 4. The molecule has 0 aliphatic rings. The Hall–Kier alpha value is -1.66. The van der Waals surface area contributed by atoms with Gasteiger partial charge >= 0.3 is 6.09 Å². The van der Waals surface area contributed by atoms with Crippen molar-refractivity contribution in [3.63, 3.8) is 0 Å². The Morgan fingerprint density at radius 3 is 2.10 bits per heavy atom. The molecule has 170 valence electrons. The maximum absolute atomic E-state index is 13.2. The summed E-state index contributed by atoms with van der Waals surface area (Å²) in [5, 5.41) is 2.77. The Morgan fingerprint density at radius 1 is 1.03 bits per heavy atom. The van der Waals surface area contributed by atoms with Gasteiger partial charge in [0.05, 0.1) is 6.10 Å². The van der Waals surface area contributed by atoms with E-state index in [1.165, 1.54) is 0 Å². The first-order chi connectivity index (χ1) is 13.5. The molecule has 0 spiro atoms. The number of alkyl carbamates (subject to hydrolysis) is 1. The van der Waals surface area contributed by atoms with E-state index in [4.69, 9.17) is 9.16 Å². The first-order valence-electron chi connectivity index (χ1n) is 10.8. The van der Waals surface area contributed by atoms with Crippen molar-refractivity contribution in [3.8, 4) is 0 Å². The van der Waals surface area contributed by atoms with Crippen LogP contribution in [0.4, 0.5) is 4.79 Å². The van der Waals surface area contributed by atoms with E-state index in [9.17, 15) is 9.59 Å². The van der Waals surface area contributed by atoms with Gasteiger partial charge in [0.1, 0.15) is 6.61 Å². The lowest BCUT2D eigenvalue weighted by Gasteiger charge is -2.39. The average molecular weight is 436 g/mol. The summed E-state index contributed by atoms with van der Waals surface area (Å²) in [5.74, 6) is 0.265. The van der Waals surface area contributed by atoms with Gasteiger partial charge in [-0.05, 0) is 50.4 Å². The summed E-state index contributed by atoms with van der Waals surface area (Å²) in [6.07, 6.45) is -0.801. The highest BCUT2D eigenvalue weighted by Gasteiger charge is 2.40. The Kier molecular flexibility index (Phi) is 8.88. The fourth-order valence-electron chi connectivity index (χ4n) is 2.81. The summed E-state index contributed by atoms with van der Waals surface area (Å²) >= 11 is 0. The average Bonchev–Trinajstić information content (AvgIpc) is 2.56. The third-order valence-electron chi connectivity index (χ3n) is 5.44. The van der Waals surface area contributed by atoms with Crippen LogP contribution in [0.15, 0.2) is 24.3 Å². The highest BCUT2D eigenvalue weighted by Crippen LogP contribution is 2.38. The lowest BCUT2D eigenvalue weighted by molar-refractivity contribution is 0.0592. The number of benzene rings is 1. The lowest BCUT2D eigenvalue weighted by atomic mass is 9.93. The van der Waals surface area contributed by atoms with E-state index >= 15 is 0 Å². The molecule has 1 rings (SSSR count). The van der Waals surface area contributed by atoms with E-state index in [1.807, 2.05) is 45.0 Å². The van der Waals surface area contributed by atoms with E-state index in [0.29, 0.717) is 0 Å². The van der Waals surface area contributed by atoms with E-state index in [-0.39, 0.29) is 35.3 Å². The molecule has 0 saturated carbocycles. The number of carbonyl (C=O) groups excluding carboxylic acids is 2. The third-order valence-corrected chi connectivity index (χ3v) is 9.98. The predicted molar refractivity (Wildman–Crippen MR) is 126 cm³/mol. The summed E-state index contributed by atoms with van der Waals surface area (Å²) in [7, 11) is -2.15. The minimum absolute atomic E-state index is 0.0161. The molecular formula is C24H41NO4Si. The molecule has 6 heteroatoms. The van der Waals surface area contributed by atoms with Crippen molar-refractivity contribution in [2.45, 2.75) is 97.5 Å². The first-order valence-corrected chi connectivity index (χ1v) is 13.7. The molecule has 1 aromatic rings. The monoisotopic (exact) mass is 435 g/mol. The molecule has 0 saturated heterocycles. The van der Waals surface area contributed by atoms with Crippen molar-refractivity contribution in [2.75, 3.05) is 6.61 Å². The molecule has 0 unspecified atom stereocenters. The Morgan fingerprint density at radius 2 is 1.60 bits per heavy atom. The predicted octanol–water partition coefficient (Wildman–Crippen LogP) is 6.30. The van der Waals surface area contributed by atoms with Gasteiger partial charge in [-0.15, -0.1) is 0 Å². The molecule has 0 aromatic heterocycles. The van der Waals surface area contributed by atoms with Crippen LogP contribution in [-0.4, -0.2) is 38.4 Å². The van der Waals surface area contributed by atoms with Crippen molar-refractivity contribution in [3.05, 3.63) is 35.4 Å². The molecule has 0 heterocycles. The molecular weight excluding hydrogens is 394 g/mol. The van der Waals surface area contributed by atoms with Crippen LogP contribution >= 0.6 is 0 Å². The standard InChI is InChI=1S/C24H41NO4Si/c1-17(2)19-13-11-12-14-20(19)21(26)15-18(29-30(9,10)24(6,7)8)16-28-22(27)25-23(3,4)5/h11-14,17-18H,15-16H2,1-10H3,(H,25,27)/t18-/m1/s1. The zero-order valence-electron chi connectivity index (χ0n) is 20.5. The molecule has 0 radical (unpaired) electrons. The SMILES string of the molecule is CC(C)c1ccccc1C(=O)C[C@H](COC(=O)NC(C)(C)C)O[Si](C)(C)C(C)(C)C. The van der Waals surface area contributed by atoms with Crippen LogP contribution < -0.4 is 5.32 Å². The molecule has 1 amide bonds. The van der Waals surface area contributed by atoms with Crippen molar-refractivity contribution in [1.82, 2.24) is 5.32 Å². The van der Waals surface area contributed by atoms with Gasteiger partial charge in [0, 0.05) is 17.5 Å². The topological polar surface area (TPSA) is 64.6 Å². The van der Waals surface area contributed by atoms with E-state index in [2.05, 4.69) is 53.0 Å². The number of ether oxygens (including phenoxy) is 1. The normalized spacial score (nSPS) is 13.8. The molecule has 30 heavy (non-hydrogen) atoms. The highest BCUT2D eigenvalue weighted by atomic mass is 28.4. The Bertz CT molecular complexity index is 729. The number of rotatable bonds is 8. The molecule has 0 fully saturated rings. The van der Waals surface area contributed by atoms with Crippen LogP contribution in [0.1, 0.15) is 83.7 Å². The van der Waals surface area contributed by atoms with Gasteiger partial charge in [-0.2, -0.15) is 0 Å². The second-order valence-electron chi connectivity index (χ2n) is 10.8. The number of Topliss-reactive ketones (excluding diaryl/α,β-unsaturated/α-hetero) is 1. The number of amides is 1. The van der Waals surface area contributed by atoms with Crippen molar-refractivity contribution < 1.29 is 18.8 Å². The molecule has 1 N–H and O–H groups in total. The fourth-order valence-corrected chi connectivity index (χ4v) is 4.15. The van der Waals surface area contributed by atoms with E-state index in [1.54, 1.807) is 0 Å². The number of hydrogen-bond donors (Lipinski definition) is 1. The summed E-state index contributed by atoms with van der Waals surface area (Å²) in [5.41, 5.74) is 1.36. The minimum Gasteiger partial charge on any atom is -0.447 e. The maximum Gasteiger partial charge on any atom is 0.407 e. The Balaban J connectivity index is 3.03. The number of carbonyl (C=O) groups is 2. The molecule has 5 nitrogen and oxygen atoms in total. The summed E-state index contributed by atoms with van der Waals surface area (Å²) in [6, 6.07) is 7.70. The van der Waals surface area contributed by atoms with Gasteiger partial charge in [-0.25, -0.2) is 4.79 Å². The number of nitrogens with one attached hydrogen (secondary N) is 1. The summed E-state index contributed by atoms with van der Waals surface area (Å²) in [6.45, 7) is 20.6. The van der Waals surface area contributed by atoms with Gasteiger partial charge < -0.3 is 14.5 Å². The van der Waals surface area contributed by atoms with Crippen LogP contribution in [-0.2, 0) is 9.16 Å². The molecule has 0 aliphatic carbocycles. The van der Waals surface area contributed by atoms with E-state index in [0.717, 1.165) is 11.1 Å². The smallest absolute Gasteiger partial charge is 0.407 e. The zero-order chi connectivity index (χ0) is 23.3. The minimum atomic E-state index is -2.15. The van der Waals surface area contributed by atoms with Crippen LogP contribution in [0.3, 0.4) is 0 Å². The number of ketones is 1. The molecule has 0 bridgehead atoms. The molecule has 0 aliphatic heterocycles. The second-order valence-corrected chi connectivity index (χ2v) is 15.6. The van der Waals surface area contributed by atoms with Crippen LogP contribution in [0, 0.1) is 0 Å². The van der Waals surface area contributed by atoms with Crippen LogP contribution in [0.25, 0.3) is 0 Å². The maximum atomic E-state index is 13.2. The van der Waals surface area contributed by atoms with Crippen LogP contribution in [0.2, 0.25) is 18.1 Å². The largest absolute Gasteiger partial charge is 0.447 e. The summed E-state index contributed by atoms with van der Waals surface area (Å²) < 4.78 is 11.9. The van der Waals surface area contributed by atoms with Crippen LogP contribution in [0.5, 0.6) is 0 Å². The van der Waals surface area contributed by atoms with Gasteiger partial charge in [-0.1, -0.05) is 58.9 Å². The zero-order valence-corrected chi connectivity index (χ0v) is 21.5. The van der Waals surface area contributed by atoms with Gasteiger partial charge in [0.2, 0.25) is 0 Å². The summed E-state index contributed by atoms with van der Waals surface area (Å²) in [4.78, 5) is 25.3. The Labute approximate surface area is 184 Å². The lowest BCUT2D eigenvalue weighted by Crippen LogP contribution is -2.47. The van der Waals surface area contributed by atoms with Crippen molar-refractivity contribution in [2.24, 2.45) is 0 Å². The third kappa shape index (κ3) is 8.23. The van der Waals surface area contributed by atoms with Gasteiger partial charge in [0.15, 0.2) is 14.1 Å². The van der Waals surface area contributed by atoms with Crippen molar-refractivity contribution in [1.29, 1.82) is 0 Å². The first kappa shape index (κ1) is 26.4. The van der Waals surface area contributed by atoms with Gasteiger partial charge in [0.25, 0.3) is 0 Å². The highest BCUT2D eigenvalue weighted by molar-refractivity contribution is 6.74. The second kappa shape index (κ2) is 10.1. The molecule has 1 atom stereocenters. The quantitative estimate of drug-likeness (QED) is 0.384. The van der Waals surface area contributed by atoms with E-state index < -0.39 is 20.5 Å². The van der Waals surface area contributed by atoms with Gasteiger partial charge in [-0.3, -0.25) is 4.79 Å². The molecule has 1 aromatic carbocycles. The fraction of sp³-hybridized carbons (Fsp3) is 0.667.